The second-order valence-electron chi connectivity index (χ2n) is 4.03. The molecule has 0 saturated carbocycles. The van der Waals surface area contributed by atoms with E-state index in [0.717, 1.165) is 0 Å². The topological polar surface area (TPSA) is 67.4 Å². The molecule has 0 aliphatic carbocycles. The van der Waals surface area contributed by atoms with Gasteiger partial charge >= 0.3 is 0 Å². The van der Waals surface area contributed by atoms with Crippen LogP contribution in [0.4, 0.5) is 0 Å². The third kappa shape index (κ3) is 3.53. The average molecular weight is 345 g/mol. The lowest BCUT2D eigenvalue weighted by Crippen LogP contribution is -2.51. The van der Waals surface area contributed by atoms with Gasteiger partial charge in [0.1, 0.15) is 11.3 Å². The molecule has 1 heterocycles. The Morgan fingerprint density at radius 1 is 1.24 bits per heavy atom. The Balaban J connectivity index is 2.51. The number of ether oxygens (including phenoxy) is 1. The smallest absolute Gasteiger partial charge is 0.263 e. The lowest BCUT2D eigenvalue weighted by molar-refractivity contribution is -0.123. The van der Waals surface area contributed by atoms with Gasteiger partial charge in [-0.05, 0) is 37.4 Å². The molecular formula is C13H10Cl2N2O3S. The predicted octanol–water partition coefficient (Wildman–Crippen LogP) is 2.31. The van der Waals surface area contributed by atoms with Crippen molar-refractivity contribution in [3.63, 3.8) is 0 Å². The number of hydrogen-bond donors (Lipinski definition) is 2. The molecule has 1 fully saturated rings. The minimum absolute atomic E-state index is 0.0312. The second kappa shape index (κ2) is 6.43. The molecule has 8 heteroatoms. The van der Waals surface area contributed by atoms with Gasteiger partial charge in [0, 0.05) is 10.6 Å². The minimum Gasteiger partial charge on any atom is -0.492 e. The third-order valence-electron chi connectivity index (χ3n) is 2.57. The molecule has 5 nitrogen and oxygen atoms in total. The Morgan fingerprint density at radius 2 is 1.86 bits per heavy atom. The van der Waals surface area contributed by atoms with Crippen molar-refractivity contribution < 1.29 is 14.3 Å². The van der Waals surface area contributed by atoms with Crippen molar-refractivity contribution in [3.05, 3.63) is 33.3 Å². The second-order valence-corrected chi connectivity index (χ2v) is 5.29. The highest BCUT2D eigenvalue weighted by Gasteiger charge is 2.26. The Bertz CT molecular complexity index is 652. The normalized spacial score (nSPS) is 14.6. The first-order valence-electron chi connectivity index (χ1n) is 5.92. The van der Waals surface area contributed by atoms with Crippen LogP contribution < -0.4 is 15.4 Å². The van der Waals surface area contributed by atoms with Crippen LogP contribution in [0.5, 0.6) is 5.75 Å². The summed E-state index contributed by atoms with van der Waals surface area (Å²) in [6.45, 7) is 2.17. The summed E-state index contributed by atoms with van der Waals surface area (Å²) < 4.78 is 5.43. The van der Waals surface area contributed by atoms with Crippen LogP contribution in [0.2, 0.25) is 10.0 Å². The van der Waals surface area contributed by atoms with E-state index >= 15 is 0 Å². The molecule has 2 amide bonds. The molecule has 110 valence electrons. The standard InChI is InChI=1S/C13H10Cl2N2O3S/c1-2-20-10-6(3-7(14)5-9(10)15)4-8-11(18)16-13(21)17-12(8)19/h3-5H,2H2,1H3,(H2,16,17,18,19,21). The molecule has 1 aromatic rings. The van der Waals surface area contributed by atoms with Gasteiger partial charge in [-0.2, -0.15) is 0 Å². The first-order chi connectivity index (χ1) is 9.92. The monoisotopic (exact) mass is 344 g/mol. The maximum absolute atomic E-state index is 11.8. The van der Waals surface area contributed by atoms with Crippen molar-refractivity contribution in [1.29, 1.82) is 0 Å². The highest BCUT2D eigenvalue weighted by Crippen LogP contribution is 2.34. The van der Waals surface area contributed by atoms with Gasteiger partial charge in [-0.25, -0.2) is 0 Å². The molecule has 0 bridgehead atoms. The molecule has 1 aliphatic heterocycles. The summed E-state index contributed by atoms with van der Waals surface area (Å²) in [5, 5.41) is 5.32. The quantitative estimate of drug-likeness (QED) is 0.501. The van der Waals surface area contributed by atoms with Crippen LogP contribution in [0.1, 0.15) is 12.5 Å². The van der Waals surface area contributed by atoms with Gasteiger partial charge in [0.25, 0.3) is 11.8 Å². The van der Waals surface area contributed by atoms with Gasteiger partial charge in [-0.15, -0.1) is 0 Å². The summed E-state index contributed by atoms with van der Waals surface area (Å²) in [7, 11) is 0. The van der Waals surface area contributed by atoms with Crippen molar-refractivity contribution in [3.8, 4) is 5.75 Å². The van der Waals surface area contributed by atoms with E-state index < -0.39 is 11.8 Å². The minimum atomic E-state index is -0.595. The summed E-state index contributed by atoms with van der Waals surface area (Å²) in [5.74, 6) is -0.839. The maximum Gasteiger partial charge on any atom is 0.263 e. The molecule has 1 aliphatic rings. The summed E-state index contributed by atoms with van der Waals surface area (Å²) >= 11 is 16.7. The lowest BCUT2D eigenvalue weighted by Gasteiger charge is -2.17. The summed E-state index contributed by atoms with van der Waals surface area (Å²) in [4.78, 5) is 23.6. The molecule has 1 saturated heterocycles. The Morgan fingerprint density at radius 3 is 2.43 bits per heavy atom. The SMILES string of the molecule is CCOc1c(Cl)cc(Cl)cc1C=C1C(=O)NC(=S)NC1=O. The first kappa shape index (κ1) is 15.8. The van der Waals surface area contributed by atoms with Gasteiger partial charge < -0.3 is 4.74 Å². The van der Waals surface area contributed by atoms with E-state index in [0.29, 0.717) is 28.0 Å². The Labute approximate surface area is 136 Å². The van der Waals surface area contributed by atoms with E-state index in [1.807, 2.05) is 0 Å². The van der Waals surface area contributed by atoms with Gasteiger partial charge in [-0.1, -0.05) is 23.2 Å². The number of benzene rings is 1. The number of rotatable bonds is 3. The van der Waals surface area contributed by atoms with Crippen LogP contribution >= 0.6 is 35.4 Å². The van der Waals surface area contributed by atoms with Crippen LogP contribution in [-0.4, -0.2) is 23.5 Å². The largest absolute Gasteiger partial charge is 0.492 e. The molecular weight excluding hydrogens is 335 g/mol. The Kier molecular flexibility index (Phi) is 4.82. The van der Waals surface area contributed by atoms with Gasteiger partial charge in [0.05, 0.1) is 11.6 Å². The fraction of sp³-hybridized carbons (Fsp3) is 0.154. The molecule has 2 N–H and O–H groups in total. The summed E-state index contributed by atoms with van der Waals surface area (Å²) in [5.41, 5.74) is 0.324. The molecule has 0 spiro atoms. The molecule has 2 rings (SSSR count). The van der Waals surface area contributed by atoms with Gasteiger partial charge in [-0.3, -0.25) is 20.2 Å². The third-order valence-corrected chi connectivity index (χ3v) is 3.27. The van der Waals surface area contributed by atoms with Crippen molar-refractivity contribution in [2.45, 2.75) is 6.92 Å². The number of halogens is 2. The fourth-order valence-corrected chi connectivity index (χ4v) is 2.50. The van der Waals surface area contributed by atoms with Crippen LogP contribution in [0.3, 0.4) is 0 Å². The van der Waals surface area contributed by atoms with E-state index in [2.05, 4.69) is 10.6 Å². The predicted molar refractivity (Wildman–Crippen MR) is 84.5 cm³/mol. The number of thiocarbonyl (C=S) groups is 1. The highest BCUT2D eigenvalue weighted by atomic mass is 35.5. The number of nitrogens with one attached hydrogen (secondary N) is 2. The highest BCUT2D eigenvalue weighted by molar-refractivity contribution is 7.80. The molecule has 21 heavy (non-hydrogen) atoms. The zero-order valence-corrected chi connectivity index (χ0v) is 13.2. The van der Waals surface area contributed by atoms with Crippen molar-refractivity contribution in [2.75, 3.05) is 6.61 Å². The van der Waals surface area contributed by atoms with Crippen molar-refractivity contribution in [1.82, 2.24) is 10.6 Å². The van der Waals surface area contributed by atoms with Crippen LogP contribution in [0.15, 0.2) is 17.7 Å². The molecule has 0 atom stereocenters. The van der Waals surface area contributed by atoms with Crippen LogP contribution in [0, 0.1) is 0 Å². The van der Waals surface area contributed by atoms with Crippen molar-refractivity contribution in [2.24, 2.45) is 0 Å². The van der Waals surface area contributed by atoms with Crippen molar-refractivity contribution >= 4 is 58.4 Å². The van der Waals surface area contributed by atoms with Gasteiger partial charge in [0.15, 0.2) is 5.11 Å². The first-order valence-corrected chi connectivity index (χ1v) is 7.09. The number of carbonyl (C=O) groups is 2. The zero-order chi connectivity index (χ0) is 15.6. The number of amides is 2. The number of carbonyl (C=O) groups excluding carboxylic acids is 2. The summed E-state index contributed by atoms with van der Waals surface area (Å²) in [6, 6.07) is 3.07. The van der Waals surface area contributed by atoms with E-state index in [1.54, 1.807) is 13.0 Å². The summed E-state index contributed by atoms with van der Waals surface area (Å²) in [6.07, 6.45) is 1.36. The molecule has 0 radical (unpaired) electrons. The van der Waals surface area contributed by atoms with E-state index in [1.165, 1.54) is 12.1 Å². The van der Waals surface area contributed by atoms with E-state index in [9.17, 15) is 9.59 Å². The van der Waals surface area contributed by atoms with Crippen LogP contribution in [0.25, 0.3) is 6.08 Å². The van der Waals surface area contributed by atoms with E-state index in [4.69, 9.17) is 40.2 Å². The molecule has 0 unspecified atom stereocenters. The molecule has 1 aromatic carbocycles. The average Bonchev–Trinajstić information content (AvgIpc) is 2.37. The number of hydrogen-bond acceptors (Lipinski definition) is 4. The lowest BCUT2D eigenvalue weighted by atomic mass is 10.1. The van der Waals surface area contributed by atoms with E-state index in [-0.39, 0.29) is 10.7 Å². The zero-order valence-electron chi connectivity index (χ0n) is 10.8. The maximum atomic E-state index is 11.8. The fourth-order valence-electron chi connectivity index (χ4n) is 1.75. The van der Waals surface area contributed by atoms with Crippen LogP contribution in [-0.2, 0) is 9.59 Å². The van der Waals surface area contributed by atoms with Gasteiger partial charge in [0.2, 0.25) is 0 Å². The molecule has 0 aromatic heterocycles. The Hall–Kier alpha value is -1.63.